The zero-order valence-corrected chi connectivity index (χ0v) is 14.2. The van der Waals surface area contributed by atoms with Crippen LogP contribution >= 0.6 is 0 Å². The van der Waals surface area contributed by atoms with Gasteiger partial charge in [-0.15, -0.1) is 0 Å². The van der Waals surface area contributed by atoms with Gasteiger partial charge in [-0.05, 0) is 57.5 Å². The first-order valence-electron chi connectivity index (χ1n) is 8.36. The predicted octanol–water partition coefficient (Wildman–Crippen LogP) is 3.29. The predicted molar refractivity (Wildman–Crippen MR) is 86.8 cm³/mol. The number of aryl methyl sites for hydroxylation is 1. The highest BCUT2D eigenvalue weighted by Gasteiger charge is 2.36. The molecule has 1 aromatic rings. The van der Waals surface area contributed by atoms with Crippen LogP contribution in [0.25, 0.3) is 0 Å². The first-order valence-corrected chi connectivity index (χ1v) is 8.36. The normalized spacial score (nSPS) is 26.3. The molecule has 1 aliphatic carbocycles. The molecule has 3 unspecified atom stereocenters. The monoisotopic (exact) mass is 293 g/mol. The molecular weight excluding hydrogens is 262 g/mol. The second-order valence-corrected chi connectivity index (χ2v) is 6.66. The molecule has 1 aliphatic rings. The van der Waals surface area contributed by atoms with Crippen LogP contribution in [0.4, 0.5) is 0 Å². The molecule has 21 heavy (non-hydrogen) atoms. The SMILES string of the molecule is CCn1ncc(OC)c1C1CC(C(C)C)CCC1CNC. The summed E-state index contributed by atoms with van der Waals surface area (Å²) >= 11 is 0. The number of ether oxygens (including phenoxy) is 1. The topological polar surface area (TPSA) is 39.1 Å². The lowest BCUT2D eigenvalue weighted by Crippen LogP contribution is -2.33. The minimum atomic E-state index is 0.552. The van der Waals surface area contributed by atoms with Crippen LogP contribution in [0.3, 0.4) is 0 Å². The number of rotatable bonds is 6. The summed E-state index contributed by atoms with van der Waals surface area (Å²) in [5.41, 5.74) is 1.31. The molecule has 1 aromatic heterocycles. The molecule has 0 aromatic carbocycles. The van der Waals surface area contributed by atoms with Gasteiger partial charge in [0, 0.05) is 12.5 Å². The first-order chi connectivity index (χ1) is 10.1. The van der Waals surface area contributed by atoms with Gasteiger partial charge in [0.15, 0.2) is 5.75 Å². The Labute approximate surface area is 129 Å². The van der Waals surface area contributed by atoms with E-state index in [0.29, 0.717) is 11.8 Å². The Bertz CT molecular complexity index is 420. The average Bonchev–Trinajstić information content (AvgIpc) is 2.90. The lowest BCUT2D eigenvalue weighted by Gasteiger charge is -2.38. The van der Waals surface area contributed by atoms with Gasteiger partial charge in [0.1, 0.15) is 0 Å². The van der Waals surface area contributed by atoms with Crippen molar-refractivity contribution in [1.29, 1.82) is 0 Å². The summed E-state index contributed by atoms with van der Waals surface area (Å²) in [7, 11) is 3.82. The van der Waals surface area contributed by atoms with E-state index in [4.69, 9.17) is 4.74 Å². The molecule has 0 bridgehead atoms. The maximum atomic E-state index is 5.60. The van der Waals surface area contributed by atoms with Crippen molar-refractivity contribution in [2.45, 2.75) is 52.5 Å². The number of aromatic nitrogens is 2. The molecule has 2 rings (SSSR count). The van der Waals surface area contributed by atoms with E-state index in [0.717, 1.165) is 30.7 Å². The van der Waals surface area contributed by atoms with Crippen molar-refractivity contribution in [2.75, 3.05) is 20.7 Å². The largest absolute Gasteiger partial charge is 0.493 e. The van der Waals surface area contributed by atoms with E-state index < -0.39 is 0 Å². The smallest absolute Gasteiger partial charge is 0.160 e. The minimum Gasteiger partial charge on any atom is -0.493 e. The molecule has 120 valence electrons. The van der Waals surface area contributed by atoms with Crippen molar-refractivity contribution < 1.29 is 4.74 Å². The van der Waals surface area contributed by atoms with Crippen molar-refractivity contribution in [3.63, 3.8) is 0 Å². The van der Waals surface area contributed by atoms with Crippen LogP contribution in [0.1, 0.15) is 51.6 Å². The summed E-state index contributed by atoms with van der Waals surface area (Å²) < 4.78 is 7.73. The summed E-state index contributed by atoms with van der Waals surface area (Å²) in [6, 6.07) is 0. The summed E-state index contributed by atoms with van der Waals surface area (Å²) in [4.78, 5) is 0. The van der Waals surface area contributed by atoms with Crippen molar-refractivity contribution in [1.82, 2.24) is 15.1 Å². The summed E-state index contributed by atoms with van der Waals surface area (Å²) in [6.07, 6.45) is 5.79. The fraction of sp³-hybridized carbons (Fsp3) is 0.824. The fourth-order valence-electron chi connectivity index (χ4n) is 3.87. The molecule has 0 amide bonds. The lowest BCUT2D eigenvalue weighted by molar-refractivity contribution is 0.184. The van der Waals surface area contributed by atoms with E-state index >= 15 is 0 Å². The zero-order chi connectivity index (χ0) is 15.4. The second-order valence-electron chi connectivity index (χ2n) is 6.66. The van der Waals surface area contributed by atoms with E-state index in [1.165, 1.54) is 25.0 Å². The fourth-order valence-corrected chi connectivity index (χ4v) is 3.87. The average molecular weight is 293 g/mol. The van der Waals surface area contributed by atoms with Crippen molar-refractivity contribution in [2.24, 2.45) is 17.8 Å². The molecule has 0 saturated heterocycles. The molecule has 1 N–H and O–H groups in total. The Morgan fingerprint density at radius 2 is 2.19 bits per heavy atom. The molecule has 0 aliphatic heterocycles. The van der Waals surface area contributed by atoms with E-state index in [9.17, 15) is 0 Å². The Balaban J connectivity index is 2.32. The van der Waals surface area contributed by atoms with Crippen molar-refractivity contribution >= 4 is 0 Å². The molecule has 0 spiro atoms. The van der Waals surface area contributed by atoms with Gasteiger partial charge in [-0.25, -0.2) is 0 Å². The van der Waals surface area contributed by atoms with Gasteiger partial charge in [-0.1, -0.05) is 13.8 Å². The van der Waals surface area contributed by atoms with Crippen LogP contribution in [-0.4, -0.2) is 30.5 Å². The third-order valence-electron chi connectivity index (χ3n) is 5.16. The Morgan fingerprint density at radius 3 is 2.76 bits per heavy atom. The van der Waals surface area contributed by atoms with Crippen LogP contribution in [0.5, 0.6) is 5.75 Å². The van der Waals surface area contributed by atoms with Crippen LogP contribution < -0.4 is 10.1 Å². The third kappa shape index (κ3) is 3.42. The highest BCUT2D eigenvalue weighted by atomic mass is 16.5. The number of hydrogen-bond acceptors (Lipinski definition) is 3. The van der Waals surface area contributed by atoms with E-state index in [1.54, 1.807) is 7.11 Å². The highest BCUT2D eigenvalue weighted by Crippen LogP contribution is 2.45. The zero-order valence-electron chi connectivity index (χ0n) is 14.2. The Kier molecular flexibility index (Phi) is 5.68. The van der Waals surface area contributed by atoms with Crippen LogP contribution in [0.2, 0.25) is 0 Å². The van der Waals surface area contributed by atoms with Gasteiger partial charge in [-0.2, -0.15) is 5.10 Å². The van der Waals surface area contributed by atoms with Gasteiger partial charge >= 0.3 is 0 Å². The standard InChI is InChI=1S/C17H31N3O/c1-6-20-17(16(21-5)11-19-20)15-9-13(12(2)3)7-8-14(15)10-18-4/h11-15,18H,6-10H2,1-5H3. The molecule has 1 fully saturated rings. The van der Waals surface area contributed by atoms with Gasteiger partial charge in [0.05, 0.1) is 19.0 Å². The van der Waals surface area contributed by atoms with Crippen LogP contribution in [0, 0.1) is 17.8 Å². The number of nitrogens with one attached hydrogen (secondary N) is 1. The van der Waals surface area contributed by atoms with Gasteiger partial charge < -0.3 is 10.1 Å². The van der Waals surface area contributed by atoms with Crippen LogP contribution in [0.15, 0.2) is 6.20 Å². The lowest BCUT2D eigenvalue weighted by atomic mass is 9.69. The van der Waals surface area contributed by atoms with E-state index in [1.807, 2.05) is 6.20 Å². The molecule has 4 heteroatoms. The summed E-state index contributed by atoms with van der Waals surface area (Å²) in [6.45, 7) is 8.86. The molecule has 1 saturated carbocycles. The third-order valence-corrected chi connectivity index (χ3v) is 5.16. The maximum Gasteiger partial charge on any atom is 0.160 e. The maximum absolute atomic E-state index is 5.60. The van der Waals surface area contributed by atoms with Crippen molar-refractivity contribution in [3.05, 3.63) is 11.9 Å². The summed E-state index contributed by atoms with van der Waals surface area (Å²) in [5, 5.41) is 7.89. The number of hydrogen-bond donors (Lipinski definition) is 1. The highest BCUT2D eigenvalue weighted by molar-refractivity contribution is 5.30. The molecule has 4 nitrogen and oxygen atoms in total. The summed E-state index contributed by atoms with van der Waals surface area (Å²) in [5.74, 6) is 3.77. The van der Waals surface area contributed by atoms with Crippen molar-refractivity contribution in [3.8, 4) is 5.75 Å². The molecular formula is C17H31N3O. The number of methoxy groups -OCH3 is 1. The molecule has 0 radical (unpaired) electrons. The van der Waals surface area contributed by atoms with Gasteiger partial charge in [-0.3, -0.25) is 4.68 Å². The molecule has 1 heterocycles. The van der Waals surface area contributed by atoms with E-state index in [2.05, 4.69) is 42.9 Å². The molecule has 3 atom stereocenters. The van der Waals surface area contributed by atoms with Crippen LogP contribution in [-0.2, 0) is 6.54 Å². The first kappa shape index (κ1) is 16.3. The Hall–Kier alpha value is -1.03. The van der Waals surface area contributed by atoms with Gasteiger partial charge in [0.2, 0.25) is 0 Å². The van der Waals surface area contributed by atoms with Gasteiger partial charge in [0.25, 0.3) is 0 Å². The van der Waals surface area contributed by atoms with E-state index in [-0.39, 0.29) is 0 Å². The Morgan fingerprint density at radius 1 is 1.43 bits per heavy atom. The number of nitrogens with zero attached hydrogens (tertiary/aromatic N) is 2. The second kappa shape index (κ2) is 7.30. The minimum absolute atomic E-state index is 0.552. The quantitative estimate of drug-likeness (QED) is 0.875.